The fraction of sp³-hybridized carbons (Fsp3) is 0. The van der Waals surface area contributed by atoms with Crippen molar-refractivity contribution in [3.05, 3.63) is 58.5 Å². The second-order valence-electron chi connectivity index (χ2n) is 4.37. The minimum Gasteiger partial charge on any atom is -0.505 e. The van der Waals surface area contributed by atoms with E-state index in [1.165, 1.54) is 18.2 Å². The maximum Gasteiger partial charge on any atom is 0.193 e. The summed E-state index contributed by atoms with van der Waals surface area (Å²) < 4.78 is 18.9. The van der Waals surface area contributed by atoms with Gasteiger partial charge in [-0.1, -0.05) is 6.07 Å². The first-order chi connectivity index (χ1) is 9.56. The molecular formula is C15H10FNO3. The van der Waals surface area contributed by atoms with E-state index in [1.54, 1.807) is 18.2 Å². The number of nitrogen functional groups attached to an aromatic ring is 1. The third-order valence-corrected chi connectivity index (χ3v) is 3.02. The van der Waals surface area contributed by atoms with Crippen LogP contribution in [0.15, 0.2) is 51.7 Å². The predicted molar refractivity (Wildman–Crippen MR) is 74.0 cm³/mol. The lowest BCUT2D eigenvalue weighted by Gasteiger charge is -2.05. The van der Waals surface area contributed by atoms with Gasteiger partial charge in [0, 0.05) is 11.6 Å². The number of anilines is 1. The number of rotatable bonds is 1. The summed E-state index contributed by atoms with van der Waals surface area (Å²) in [5.41, 5.74) is 6.47. The van der Waals surface area contributed by atoms with Crippen LogP contribution < -0.4 is 11.2 Å². The Hall–Kier alpha value is -2.82. The molecule has 0 saturated heterocycles. The molecular weight excluding hydrogens is 261 g/mol. The van der Waals surface area contributed by atoms with Crippen molar-refractivity contribution in [3.63, 3.8) is 0 Å². The van der Waals surface area contributed by atoms with E-state index in [2.05, 4.69) is 0 Å². The van der Waals surface area contributed by atoms with Crippen LogP contribution in [0.25, 0.3) is 22.3 Å². The van der Waals surface area contributed by atoms with E-state index in [0.29, 0.717) is 16.6 Å². The first kappa shape index (κ1) is 12.2. The lowest BCUT2D eigenvalue weighted by molar-refractivity contribution is 0.432. The summed E-state index contributed by atoms with van der Waals surface area (Å²) in [5.74, 6) is -1.05. The number of hydrogen-bond acceptors (Lipinski definition) is 4. The van der Waals surface area contributed by atoms with E-state index in [0.717, 1.165) is 6.07 Å². The standard InChI is InChI=1S/C15H10FNO3/c16-10-6-8(4-5-12(10)18)14-7-13(19)9-2-1-3-11(17)15(9)20-14/h1-7,18H,17H2. The van der Waals surface area contributed by atoms with Crippen molar-refractivity contribution in [3.8, 4) is 17.1 Å². The van der Waals surface area contributed by atoms with Crippen LogP contribution in [0.3, 0.4) is 0 Å². The van der Waals surface area contributed by atoms with Gasteiger partial charge >= 0.3 is 0 Å². The number of aromatic hydroxyl groups is 1. The third kappa shape index (κ3) is 1.89. The Bertz CT molecular complexity index is 871. The van der Waals surface area contributed by atoms with E-state index in [1.807, 2.05) is 0 Å². The van der Waals surface area contributed by atoms with Crippen molar-refractivity contribution < 1.29 is 13.9 Å². The van der Waals surface area contributed by atoms with Crippen LogP contribution in [0.5, 0.6) is 5.75 Å². The van der Waals surface area contributed by atoms with E-state index in [-0.39, 0.29) is 16.8 Å². The molecule has 1 heterocycles. The molecule has 0 amide bonds. The molecule has 3 N–H and O–H groups in total. The number of phenols is 1. The van der Waals surface area contributed by atoms with Crippen LogP contribution in [0.2, 0.25) is 0 Å². The van der Waals surface area contributed by atoms with Crippen molar-refractivity contribution in [2.24, 2.45) is 0 Å². The van der Waals surface area contributed by atoms with Gasteiger partial charge in [0.15, 0.2) is 22.6 Å². The van der Waals surface area contributed by atoms with Crippen LogP contribution in [-0.2, 0) is 0 Å². The SMILES string of the molecule is Nc1cccc2c(=O)cc(-c3ccc(O)c(F)c3)oc12. The summed E-state index contributed by atoms with van der Waals surface area (Å²) in [4.78, 5) is 12.0. The molecule has 100 valence electrons. The number of fused-ring (bicyclic) bond motifs is 1. The first-order valence-corrected chi connectivity index (χ1v) is 5.87. The number of phenolic OH excluding ortho intramolecular Hbond substituents is 1. The Kier molecular flexibility index (Phi) is 2.68. The summed E-state index contributed by atoms with van der Waals surface area (Å²) >= 11 is 0. The van der Waals surface area contributed by atoms with Gasteiger partial charge in [-0.2, -0.15) is 0 Å². The highest BCUT2D eigenvalue weighted by molar-refractivity contribution is 5.88. The molecule has 5 heteroatoms. The third-order valence-electron chi connectivity index (χ3n) is 3.02. The minimum atomic E-state index is -0.786. The average Bonchev–Trinajstić information content (AvgIpc) is 2.43. The maximum absolute atomic E-state index is 13.4. The molecule has 0 radical (unpaired) electrons. The monoisotopic (exact) mass is 271 g/mol. The van der Waals surface area contributed by atoms with E-state index < -0.39 is 11.6 Å². The molecule has 0 unspecified atom stereocenters. The molecule has 3 aromatic rings. The van der Waals surface area contributed by atoms with Crippen molar-refractivity contribution in [1.82, 2.24) is 0 Å². The smallest absolute Gasteiger partial charge is 0.193 e. The number of para-hydroxylation sites is 1. The van der Waals surface area contributed by atoms with Gasteiger partial charge in [-0.15, -0.1) is 0 Å². The number of halogens is 1. The summed E-state index contributed by atoms with van der Waals surface area (Å²) in [6.07, 6.45) is 0. The zero-order valence-electron chi connectivity index (χ0n) is 10.3. The van der Waals surface area contributed by atoms with Crippen LogP contribution >= 0.6 is 0 Å². The molecule has 20 heavy (non-hydrogen) atoms. The molecule has 0 atom stereocenters. The summed E-state index contributed by atoms with van der Waals surface area (Å²) in [7, 11) is 0. The average molecular weight is 271 g/mol. The predicted octanol–water partition coefficient (Wildman–Crippen LogP) is 2.89. The van der Waals surface area contributed by atoms with Crippen LogP contribution in [0.1, 0.15) is 0 Å². The van der Waals surface area contributed by atoms with Gasteiger partial charge in [0.1, 0.15) is 5.76 Å². The fourth-order valence-corrected chi connectivity index (χ4v) is 2.00. The van der Waals surface area contributed by atoms with Crippen molar-refractivity contribution in [2.45, 2.75) is 0 Å². The largest absolute Gasteiger partial charge is 0.505 e. The van der Waals surface area contributed by atoms with Gasteiger partial charge in [0.25, 0.3) is 0 Å². The lowest BCUT2D eigenvalue weighted by Crippen LogP contribution is -2.02. The molecule has 2 aromatic carbocycles. The Morgan fingerprint density at radius 3 is 2.70 bits per heavy atom. The van der Waals surface area contributed by atoms with Crippen LogP contribution in [0.4, 0.5) is 10.1 Å². The molecule has 4 nitrogen and oxygen atoms in total. The fourth-order valence-electron chi connectivity index (χ4n) is 2.00. The lowest BCUT2D eigenvalue weighted by atomic mass is 10.1. The number of benzene rings is 2. The summed E-state index contributed by atoms with van der Waals surface area (Å²) in [6.45, 7) is 0. The first-order valence-electron chi connectivity index (χ1n) is 5.87. The van der Waals surface area contributed by atoms with Gasteiger partial charge in [0.2, 0.25) is 0 Å². The van der Waals surface area contributed by atoms with E-state index >= 15 is 0 Å². The van der Waals surface area contributed by atoms with E-state index in [9.17, 15) is 14.3 Å². The Morgan fingerprint density at radius 1 is 1.15 bits per heavy atom. The van der Waals surface area contributed by atoms with Crippen molar-refractivity contribution >= 4 is 16.7 Å². The van der Waals surface area contributed by atoms with Gasteiger partial charge in [-0.25, -0.2) is 4.39 Å². The molecule has 0 spiro atoms. The molecule has 0 aliphatic heterocycles. The van der Waals surface area contributed by atoms with Gasteiger partial charge < -0.3 is 15.3 Å². The van der Waals surface area contributed by atoms with Gasteiger partial charge in [-0.3, -0.25) is 4.79 Å². The van der Waals surface area contributed by atoms with Gasteiger partial charge in [0.05, 0.1) is 11.1 Å². The molecule has 0 saturated carbocycles. The zero-order valence-corrected chi connectivity index (χ0v) is 10.3. The highest BCUT2D eigenvalue weighted by Crippen LogP contribution is 2.27. The molecule has 1 aromatic heterocycles. The molecule has 0 fully saturated rings. The molecule has 0 bridgehead atoms. The normalized spacial score (nSPS) is 10.8. The molecule has 0 aliphatic carbocycles. The van der Waals surface area contributed by atoms with Crippen LogP contribution in [-0.4, -0.2) is 5.11 Å². The zero-order chi connectivity index (χ0) is 14.3. The quantitative estimate of drug-likeness (QED) is 0.667. The Balaban J connectivity index is 2.29. The van der Waals surface area contributed by atoms with Gasteiger partial charge in [-0.05, 0) is 30.3 Å². The Morgan fingerprint density at radius 2 is 1.95 bits per heavy atom. The number of hydrogen-bond donors (Lipinski definition) is 2. The topological polar surface area (TPSA) is 76.5 Å². The van der Waals surface area contributed by atoms with Crippen molar-refractivity contribution in [1.29, 1.82) is 0 Å². The molecule has 3 rings (SSSR count). The minimum absolute atomic E-state index is 0.194. The van der Waals surface area contributed by atoms with E-state index in [4.69, 9.17) is 10.2 Å². The molecule has 0 aliphatic rings. The second-order valence-corrected chi connectivity index (χ2v) is 4.37. The second kappa shape index (κ2) is 4.38. The summed E-state index contributed by atoms with van der Waals surface area (Å²) in [5, 5.41) is 9.54. The highest BCUT2D eigenvalue weighted by atomic mass is 19.1. The maximum atomic E-state index is 13.4. The summed E-state index contributed by atoms with van der Waals surface area (Å²) in [6, 6.07) is 9.91. The van der Waals surface area contributed by atoms with Crippen molar-refractivity contribution in [2.75, 3.05) is 5.73 Å². The van der Waals surface area contributed by atoms with Crippen LogP contribution in [0, 0.1) is 5.82 Å². The highest BCUT2D eigenvalue weighted by Gasteiger charge is 2.10. The number of nitrogens with two attached hydrogens (primary N) is 1. The Labute approximate surface area is 112 Å².